The second-order valence-electron chi connectivity index (χ2n) is 12.6. The maximum atomic E-state index is 12.9. The van der Waals surface area contributed by atoms with Crippen LogP contribution in [0.2, 0.25) is 0 Å². The number of aliphatic hydroxyl groups excluding tert-OH is 2. The molecule has 39 heavy (non-hydrogen) atoms. The number of amides is 2. The summed E-state index contributed by atoms with van der Waals surface area (Å²) in [6, 6.07) is -1.14. The van der Waals surface area contributed by atoms with E-state index in [0.717, 1.165) is 12.8 Å². The van der Waals surface area contributed by atoms with E-state index in [1.807, 2.05) is 12.2 Å². The zero-order valence-corrected chi connectivity index (χ0v) is 22.8. The number of methoxy groups -OCH3 is 1. The zero-order chi connectivity index (χ0) is 27.6. The van der Waals surface area contributed by atoms with Crippen LogP contribution in [0.5, 0.6) is 0 Å². The summed E-state index contributed by atoms with van der Waals surface area (Å²) in [4.78, 5) is 37.9. The van der Waals surface area contributed by atoms with Crippen molar-refractivity contribution in [3.05, 3.63) is 35.6 Å². The molecule has 0 aromatic heterocycles. The molecule has 3 saturated carbocycles. The minimum absolute atomic E-state index is 0.0959. The molecule has 3 aliphatic carbocycles. The molecule has 3 heterocycles. The lowest BCUT2D eigenvalue weighted by molar-refractivity contribution is -0.118. The Labute approximate surface area is 229 Å². The number of hydrogen-bond acceptors (Lipinski definition) is 7. The molecule has 6 rings (SSSR count). The Hall–Kier alpha value is -2.49. The first-order chi connectivity index (χ1) is 18.7. The van der Waals surface area contributed by atoms with Gasteiger partial charge in [0, 0.05) is 13.7 Å². The van der Waals surface area contributed by atoms with Gasteiger partial charge in [0.2, 0.25) is 5.91 Å². The molecule has 9 nitrogen and oxygen atoms in total. The number of epoxide rings is 1. The summed E-state index contributed by atoms with van der Waals surface area (Å²) in [5.41, 5.74) is -0.315. The second-order valence-corrected chi connectivity index (χ2v) is 12.6. The van der Waals surface area contributed by atoms with Crippen LogP contribution in [0.4, 0.5) is 0 Å². The molecule has 4 N–H and O–H groups in total. The first-order valence-electron chi connectivity index (χ1n) is 14.5. The quantitative estimate of drug-likeness (QED) is 0.310. The normalized spacial score (nSPS) is 47.8. The molecule has 9 heteroatoms. The Morgan fingerprint density at radius 2 is 1.82 bits per heavy atom. The van der Waals surface area contributed by atoms with Gasteiger partial charge in [-0.25, -0.2) is 0 Å². The maximum Gasteiger partial charge on any atom is 0.259 e. The molecule has 212 valence electrons. The van der Waals surface area contributed by atoms with E-state index in [0.29, 0.717) is 41.9 Å². The van der Waals surface area contributed by atoms with E-state index in [4.69, 9.17) is 9.47 Å². The summed E-state index contributed by atoms with van der Waals surface area (Å²) in [6.45, 7) is 4.66. The number of fused-ring (bicyclic) bond motifs is 10. The van der Waals surface area contributed by atoms with Crippen LogP contribution in [0.1, 0.15) is 39.5 Å². The van der Waals surface area contributed by atoms with E-state index < -0.39 is 23.8 Å². The summed E-state index contributed by atoms with van der Waals surface area (Å²) >= 11 is 0. The Bertz CT molecular complexity index is 1130. The molecule has 2 amide bonds. The first kappa shape index (κ1) is 26.7. The van der Waals surface area contributed by atoms with Gasteiger partial charge in [0.05, 0.1) is 24.4 Å². The van der Waals surface area contributed by atoms with E-state index in [1.165, 1.54) is 6.08 Å². The van der Waals surface area contributed by atoms with Crippen molar-refractivity contribution in [2.75, 3.05) is 13.7 Å². The van der Waals surface area contributed by atoms with E-state index >= 15 is 0 Å². The number of hydrogen-bond donors (Lipinski definition) is 4. The van der Waals surface area contributed by atoms with Gasteiger partial charge in [-0.1, -0.05) is 19.1 Å². The SMILES string of the molecule is CO[C@H](C)C1[C@H]2[C@H](C[C@H]1C)[C@H]1CC3/C=C/C(O)=C4C(=O)N[C@H](C4=O)C(O)CCNC(=O)/C=C\CC3[C@H]1[C@@H]1O[C@@H]12. The number of ketones is 1. The smallest absolute Gasteiger partial charge is 0.259 e. The Morgan fingerprint density at radius 1 is 1.08 bits per heavy atom. The highest BCUT2D eigenvalue weighted by Gasteiger charge is 2.68. The maximum absolute atomic E-state index is 12.9. The highest BCUT2D eigenvalue weighted by molar-refractivity contribution is 6.27. The third-order valence-electron chi connectivity index (χ3n) is 10.7. The van der Waals surface area contributed by atoms with E-state index in [-0.39, 0.29) is 60.4 Å². The fourth-order valence-corrected chi connectivity index (χ4v) is 9.03. The monoisotopic (exact) mass is 540 g/mol. The molecule has 0 aromatic carbocycles. The lowest BCUT2D eigenvalue weighted by Gasteiger charge is -2.38. The molecular formula is C30H40N2O7. The molecular weight excluding hydrogens is 500 g/mol. The van der Waals surface area contributed by atoms with Gasteiger partial charge in [-0.2, -0.15) is 0 Å². The average molecular weight is 541 g/mol. The third kappa shape index (κ3) is 4.46. The van der Waals surface area contributed by atoms with Gasteiger partial charge in [-0.05, 0) is 92.1 Å². The number of Topliss-reactive ketones (excluding diaryl/α,β-unsaturated/α-hetero) is 1. The number of rotatable bonds is 2. The Morgan fingerprint density at radius 3 is 2.59 bits per heavy atom. The van der Waals surface area contributed by atoms with Gasteiger partial charge in [0.25, 0.3) is 5.91 Å². The number of allylic oxidation sites excluding steroid dienone is 3. The average Bonchev–Trinajstić information content (AvgIpc) is 3.35. The van der Waals surface area contributed by atoms with Crippen molar-refractivity contribution in [1.82, 2.24) is 10.6 Å². The van der Waals surface area contributed by atoms with Crippen molar-refractivity contribution in [3.63, 3.8) is 0 Å². The summed E-state index contributed by atoms with van der Waals surface area (Å²) in [7, 11) is 1.79. The Kier molecular flexibility index (Phi) is 6.96. The summed E-state index contributed by atoms with van der Waals surface area (Å²) in [5.74, 6) is 1.24. The molecule has 5 fully saturated rings. The van der Waals surface area contributed by atoms with Crippen molar-refractivity contribution in [2.45, 2.75) is 70.0 Å². The van der Waals surface area contributed by atoms with Crippen molar-refractivity contribution >= 4 is 17.6 Å². The molecule has 0 spiro atoms. The van der Waals surface area contributed by atoms with Gasteiger partial charge < -0.3 is 30.3 Å². The number of carbonyl (C=O) groups is 3. The predicted octanol–water partition coefficient (Wildman–Crippen LogP) is 1.82. The molecule has 0 radical (unpaired) electrons. The van der Waals surface area contributed by atoms with E-state index in [2.05, 4.69) is 24.5 Å². The lowest BCUT2D eigenvalue weighted by atomic mass is 9.65. The summed E-state index contributed by atoms with van der Waals surface area (Å²) in [5, 5.41) is 26.5. The van der Waals surface area contributed by atoms with Gasteiger partial charge in [-0.15, -0.1) is 0 Å². The van der Waals surface area contributed by atoms with Crippen LogP contribution in [-0.4, -0.2) is 71.9 Å². The zero-order valence-electron chi connectivity index (χ0n) is 22.8. The summed E-state index contributed by atoms with van der Waals surface area (Å²) in [6.07, 6.45) is 9.23. The van der Waals surface area contributed by atoms with Crippen LogP contribution in [-0.2, 0) is 23.9 Å². The minimum atomic E-state index is -1.17. The number of carbonyl (C=O) groups excluding carboxylic acids is 3. The fraction of sp³-hybridized carbons (Fsp3) is 0.700. The van der Waals surface area contributed by atoms with Crippen LogP contribution in [0.15, 0.2) is 35.6 Å². The van der Waals surface area contributed by atoms with Crippen molar-refractivity contribution in [3.8, 4) is 0 Å². The van der Waals surface area contributed by atoms with Gasteiger partial charge in [0.1, 0.15) is 17.4 Å². The van der Waals surface area contributed by atoms with E-state index in [1.54, 1.807) is 13.2 Å². The molecule has 2 bridgehead atoms. The number of ether oxygens (including phenoxy) is 2. The Balaban J connectivity index is 1.32. The molecule has 4 unspecified atom stereocenters. The first-order valence-corrected chi connectivity index (χ1v) is 14.5. The van der Waals surface area contributed by atoms with Crippen LogP contribution in [0, 0.1) is 47.3 Å². The van der Waals surface area contributed by atoms with Crippen LogP contribution in [0.3, 0.4) is 0 Å². The van der Waals surface area contributed by atoms with Crippen molar-refractivity contribution in [2.24, 2.45) is 47.3 Å². The molecule has 6 aliphatic rings. The van der Waals surface area contributed by atoms with Crippen LogP contribution in [0.25, 0.3) is 0 Å². The largest absolute Gasteiger partial charge is 0.507 e. The highest BCUT2D eigenvalue weighted by Crippen LogP contribution is 2.66. The molecule has 3 aliphatic heterocycles. The number of aliphatic hydroxyl groups is 2. The summed E-state index contributed by atoms with van der Waals surface area (Å²) < 4.78 is 12.2. The van der Waals surface area contributed by atoms with Gasteiger partial charge in [-0.3, -0.25) is 14.4 Å². The lowest BCUT2D eigenvalue weighted by Crippen LogP contribution is -2.42. The standard InChI is InChI=1S/C30H40N2O7/c1-13-11-17-18-12-15-7-8-19(33)25-27(36)26(32-30(25)37)20(34)9-10-31-21(35)6-4-5-16(15)23(18)28-29(39-28)24(17)22(13)14(2)38-3/h4,6-8,13-18,20,22-24,26,28-29,33-34H,5,9-12H2,1-3H3,(H,31,35)(H,32,37)/b6-4-,8-7+,25-19?/t13-,14-,15?,16?,17-,18-,20?,22?,23-,24-,26+,28+,29-/m1/s1. The minimum Gasteiger partial charge on any atom is -0.507 e. The predicted molar refractivity (Wildman–Crippen MR) is 141 cm³/mol. The molecule has 2 saturated heterocycles. The number of nitrogens with one attached hydrogen (secondary N) is 2. The third-order valence-corrected chi connectivity index (χ3v) is 10.7. The fourth-order valence-electron chi connectivity index (χ4n) is 9.03. The van der Waals surface area contributed by atoms with Crippen LogP contribution >= 0.6 is 0 Å². The van der Waals surface area contributed by atoms with Crippen molar-refractivity contribution in [1.29, 1.82) is 0 Å². The molecule has 0 aromatic rings. The van der Waals surface area contributed by atoms with Crippen LogP contribution < -0.4 is 10.6 Å². The molecule has 13 atom stereocenters. The topological polar surface area (TPSA) is 137 Å². The van der Waals surface area contributed by atoms with Crippen molar-refractivity contribution < 1.29 is 34.1 Å². The van der Waals surface area contributed by atoms with E-state index in [9.17, 15) is 24.6 Å². The second kappa shape index (κ2) is 10.2. The van der Waals surface area contributed by atoms with Gasteiger partial charge in [0.15, 0.2) is 5.78 Å². The highest BCUT2D eigenvalue weighted by atomic mass is 16.6. The van der Waals surface area contributed by atoms with Gasteiger partial charge >= 0.3 is 0 Å².